The minimum absolute atomic E-state index is 0.0310. The zero-order chi connectivity index (χ0) is 11.9. The average Bonchev–Trinajstić information content (AvgIpc) is 2.79. The summed E-state index contributed by atoms with van der Waals surface area (Å²) in [6.45, 7) is 3.67. The SMILES string of the molecule is CCCCOC1C/C(=C\c2ccccc2)CO1. The Morgan fingerprint density at radius 2 is 2.18 bits per heavy atom. The molecule has 1 fully saturated rings. The van der Waals surface area contributed by atoms with Gasteiger partial charge in [0.2, 0.25) is 0 Å². The molecular weight excluding hydrogens is 212 g/mol. The molecule has 1 saturated heterocycles. The summed E-state index contributed by atoms with van der Waals surface area (Å²) in [4.78, 5) is 0. The first-order valence-electron chi connectivity index (χ1n) is 6.36. The van der Waals surface area contributed by atoms with Gasteiger partial charge in [-0.2, -0.15) is 0 Å². The van der Waals surface area contributed by atoms with Crippen LogP contribution < -0.4 is 0 Å². The number of benzene rings is 1. The molecule has 92 valence electrons. The van der Waals surface area contributed by atoms with E-state index in [1.165, 1.54) is 17.6 Å². The van der Waals surface area contributed by atoms with E-state index >= 15 is 0 Å². The molecule has 1 aromatic rings. The Hall–Kier alpha value is -1.12. The largest absolute Gasteiger partial charge is 0.352 e. The second-order valence-corrected chi connectivity index (χ2v) is 4.38. The molecule has 0 amide bonds. The molecule has 0 spiro atoms. The van der Waals surface area contributed by atoms with E-state index < -0.39 is 0 Å². The molecule has 0 radical (unpaired) electrons. The van der Waals surface area contributed by atoms with Crippen LogP contribution >= 0.6 is 0 Å². The van der Waals surface area contributed by atoms with Gasteiger partial charge >= 0.3 is 0 Å². The number of unbranched alkanes of at least 4 members (excludes halogenated alkanes) is 1. The third kappa shape index (κ3) is 3.99. The normalized spacial score (nSPS) is 22.2. The minimum atomic E-state index is -0.0310. The molecule has 1 heterocycles. The molecule has 0 saturated carbocycles. The van der Waals surface area contributed by atoms with Crippen molar-refractivity contribution in [3.63, 3.8) is 0 Å². The van der Waals surface area contributed by atoms with Crippen molar-refractivity contribution in [3.8, 4) is 0 Å². The van der Waals surface area contributed by atoms with Gasteiger partial charge in [0.05, 0.1) is 6.61 Å². The molecule has 1 aliphatic heterocycles. The molecule has 2 nitrogen and oxygen atoms in total. The number of ether oxygens (including phenoxy) is 2. The zero-order valence-corrected chi connectivity index (χ0v) is 10.4. The number of hydrogen-bond acceptors (Lipinski definition) is 2. The van der Waals surface area contributed by atoms with Gasteiger partial charge in [-0.3, -0.25) is 0 Å². The van der Waals surface area contributed by atoms with Crippen LogP contribution in [0, 0.1) is 0 Å². The molecule has 2 heteroatoms. The summed E-state index contributed by atoms with van der Waals surface area (Å²) in [6, 6.07) is 10.4. The van der Waals surface area contributed by atoms with Crippen LogP contribution in [0.3, 0.4) is 0 Å². The summed E-state index contributed by atoms with van der Waals surface area (Å²) in [6.07, 6.45) is 5.34. The van der Waals surface area contributed by atoms with Crippen LogP contribution in [-0.2, 0) is 9.47 Å². The monoisotopic (exact) mass is 232 g/mol. The van der Waals surface area contributed by atoms with Crippen molar-refractivity contribution in [2.24, 2.45) is 0 Å². The Labute approximate surface area is 103 Å². The van der Waals surface area contributed by atoms with Crippen molar-refractivity contribution >= 4 is 6.08 Å². The van der Waals surface area contributed by atoms with Gasteiger partial charge in [0, 0.05) is 13.0 Å². The third-order valence-electron chi connectivity index (χ3n) is 2.86. The molecule has 1 unspecified atom stereocenters. The van der Waals surface area contributed by atoms with E-state index in [1.807, 2.05) is 6.07 Å². The highest BCUT2D eigenvalue weighted by molar-refractivity contribution is 5.53. The maximum atomic E-state index is 5.65. The van der Waals surface area contributed by atoms with E-state index in [-0.39, 0.29) is 6.29 Å². The molecule has 17 heavy (non-hydrogen) atoms. The van der Waals surface area contributed by atoms with Crippen molar-refractivity contribution in [1.82, 2.24) is 0 Å². The molecule has 0 N–H and O–H groups in total. The van der Waals surface area contributed by atoms with Crippen LogP contribution in [0.15, 0.2) is 35.9 Å². The Morgan fingerprint density at radius 1 is 1.35 bits per heavy atom. The van der Waals surface area contributed by atoms with Crippen LogP contribution in [0.1, 0.15) is 31.7 Å². The zero-order valence-electron chi connectivity index (χ0n) is 10.4. The fourth-order valence-electron chi connectivity index (χ4n) is 1.88. The summed E-state index contributed by atoms with van der Waals surface area (Å²) >= 11 is 0. The van der Waals surface area contributed by atoms with Crippen molar-refractivity contribution in [2.75, 3.05) is 13.2 Å². The number of rotatable bonds is 5. The van der Waals surface area contributed by atoms with E-state index in [1.54, 1.807) is 0 Å². The van der Waals surface area contributed by atoms with Gasteiger partial charge in [-0.15, -0.1) is 0 Å². The van der Waals surface area contributed by atoms with E-state index in [0.717, 1.165) is 19.4 Å². The van der Waals surface area contributed by atoms with Gasteiger partial charge in [0.15, 0.2) is 6.29 Å². The lowest BCUT2D eigenvalue weighted by atomic mass is 10.1. The van der Waals surface area contributed by atoms with E-state index in [9.17, 15) is 0 Å². The second kappa shape index (κ2) is 6.58. The minimum Gasteiger partial charge on any atom is -0.352 e. The molecule has 1 atom stereocenters. The Bertz CT molecular complexity index is 356. The Balaban J connectivity index is 1.83. The third-order valence-corrected chi connectivity index (χ3v) is 2.86. The van der Waals surface area contributed by atoms with E-state index in [4.69, 9.17) is 9.47 Å². The lowest BCUT2D eigenvalue weighted by Gasteiger charge is -2.09. The summed E-state index contributed by atoms with van der Waals surface area (Å²) < 4.78 is 11.2. The highest BCUT2D eigenvalue weighted by Gasteiger charge is 2.19. The topological polar surface area (TPSA) is 18.5 Å². The molecular formula is C15H20O2. The van der Waals surface area contributed by atoms with Gasteiger partial charge in [0.25, 0.3) is 0 Å². The van der Waals surface area contributed by atoms with Crippen molar-refractivity contribution < 1.29 is 9.47 Å². The quantitative estimate of drug-likeness (QED) is 0.722. The summed E-state index contributed by atoms with van der Waals surface area (Å²) in [7, 11) is 0. The molecule has 0 bridgehead atoms. The Morgan fingerprint density at radius 3 is 2.94 bits per heavy atom. The fraction of sp³-hybridized carbons (Fsp3) is 0.467. The standard InChI is InChI=1S/C15H20O2/c1-2-3-9-16-15-11-14(12-17-15)10-13-7-5-4-6-8-13/h4-8,10,15H,2-3,9,11-12H2,1H3/b14-10+. The summed E-state index contributed by atoms with van der Waals surface area (Å²) in [5.74, 6) is 0. The lowest BCUT2D eigenvalue weighted by molar-refractivity contribution is -0.111. The molecule has 0 aliphatic carbocycles. The van der Waals surface area contributed by atoms with Crippen molar-refractivity contribution in [1.29, 1.82) is 0 Å². The smallest absolute Gasteiger partial charge is 0.161 e. The summed E-state index contributed by atoms with van der Waals surface area (Å²) in [5, 5.41) is 0. The van der Waals surface area contributed by atoms with E-state index in [2.05, 4.69) is 37.3 Å². The number of hydrogen-bond donors (Lipinski definition) is 0. The molecule has 1 aromatic carbocycles. The first-order valence-corrected chi connectivity index (χ1v) is 6.36. The second-order valence-electron chi connectivity index (χ2n) is 4.38. The van der Waals surface area contributed by atoms with Crippen LogP contribution in [0.25, 0.3) is 6.08 Å². The van der Waals surface area contributed by atoms with Gasteiger partial charge in [-0.25, -0.2) is 0 Å². The Kier molecular flexibility index (Phi) is 4.77. The highest BCUT2D eigenvalue weighted by atomic mass is 16.7. The predicted molar refractivity (Wildman–Crippen MR) is 69.6 cm³/mol. The first-order chi connectivity index (χ1) is 8.38. The predicted octanol–water partition coefficient (Wildman–Crippen LogP) is 3.63. The molecule has 2 rings (SSSR count). The van der Waals surface area contributed by atoms with Crippen LogP contribution in [0.4, 0.5) is 0 Å². The van der Waals surface area contributed by atoms with Crippen LogP contribution in [0.2, 0.25) is 0 Å². The van der Waals surface area contributed by atoms with Crippen molar-refractivity contribution in [3.05, 3.63) is 41.5 Å². The van der Waals surface area contributed by atoms with Gasteiger partial charge < -0.3 is 9.47 Å². The average molecular weight is 232 g/mol. The molecule has 1 aliphatic rings. The maximum absolute atomic E-state index is 5.65. The lowest BCUT2D eigenvalue weighted by Crippen LogP contribution is -2.11. The molecule has 0 aromatic heterocycles. The van der Waals surface area contributed by atoms with Gasteiger partial charge in [-0.05, 0) is 17.6 Å². The van der Waals surface area contributed by atoms with Gasteiger partial charge in [-0.1, -0.05) is 49.8 Å². The van der Waals surface area contributed by atoms with Crippen LogP contribution in [0.5, 0.6) is 0 Å². The first kappa shape index (κ1) is 12.3. The maximum Gasteiger partial charge on any atom is 0.161 e. The van der Waals surface area contributed by atoms with Crippen molar-refractivity contribution in [2.45, 2.75) is 32.5 Å². The van der Waals surface area contributed by atoms with Gasteiger partial charge in [0.1, 0.15) is 0 Å². The fourth-order valence-corrected chi connectivity index (χ4v) is 1.88. The van der Waals surface area contributed by atoms with E-state index in [0.29, 0.717) is 6.61 Å². The van der Waals surface area contributed by atoms with Crippen LogP contribution in [-0.4, -0.2) is 19.5 Å². The highest BCUT2D eigenvalue weighted by Crippen LogP contribution is 2.22. The summed E-state index contributed by atoms with van der Waals surface area (Å²) in [5.41, 5.74) is 2.55.